The highest BCUT2D eigenvalue weighted by atomic mass is 16.2. The largest absolute Gasteiger partial charge is 0.322 e. The molecule has 122 valence electrons. The second kappa shape index (κ2) is 7.14. The monoisotopic (exact) mass is 303 g/mol. The van der Waals surface area contributed by atoms with E-state index in [1.54, 1.807) is 0 Å². The van der Waals surface area contributed by atoms with Crippen molar-refractivity contribution < 1.29 is 4.79 Å². The van der Waals surface area contributed by atoms with Crippen LogP contribution in [-0.2, 0) is 0 Å². The lowest BCUT2D eigenvalue weighted by Crippen LogP contribution is -2.40. The predicted molar refractivity (Wildman–Crippen MR) is 92.6 cm³/mol. The lowest BCUT2D eigenvalue weighted by molar-refractivity contribution is 0.199. The molecule has 1 unspecified atom stereocenters. The highest BCUT2D eigenvalue weighted by Gasteiger charge is 2.28. The summed E-state index contributed by atoms with van der Waals surface area (Å²) in [7, 11) is 4.16. The van der Waals surface area contributed by atoms with Gasteiger partial charge in [0, 0.05) is 18.3 Å². The smallest absolute Gasteiger partial charge is 0.322 e. The first-order valence-electron chi connectivity index (χ1n) is 8.18. The van der Waals surface area contributed by atoms with Crippen molar-refractivity contribution in [1.29, 1.82) is 0 Å². The minimum atomic E-state index is 0.0521. The third-order valence-electron chi connectivity index (χ3n) is 4.46. The number of anilines is 1. The van der Waals surface area contributed by atoms with Gasteiger partial charge in [-0.15, -0.1) is 0 Å². The summed E-state index contributed by atoms with van der Waals surface area (Å²) in [6, 6.07) is 4.66. The number of benzene rings is 1. The lowest BCUT2D eigenvalue weighted by Gasteiger charge is -2.27. The second-order valence-corrected chi connectivity index (χ2v) is 6.79. The Bertz CT molecular complexity index is 516. The van der Waals surface area contributed by atoms with E-state index in [1.165, 1.54) is 5.56 Å². The molecule has 0 bridgehead atoms. The van der Waals surface area contributed by atoms with E-state index in [1.807, 2.05) is 4.90 Å². The Hall–Kier alpha value is -1.55. The molecule has 1 saturated heterocycles. The summed E-state index contributed by atoms with van der Waals surface area (Å²) in [5.74, 6) is 0. The predicted octanol–water partition coefficient (Wildman–Crippen LogP) is 3.56. The topological polar surface area (TPSA) is 35.6 Å². The first kappa shape index (κ1) is 16.8. The van der Waals surface area contributed by atoms with Crippen molar-refractivity contribution in [3.05, 3.63) is 28.8 Å². The zero-order valence-electron chi connectivity index (χ0n) is 14.6. The van der Waals surface area contributed by atoms with Gasteiger partial charge in [-0.05, 0) is 71.8 Å². The maximum absolute atomic E-state index is 12.7. The van der Waals surface area contributed by atoms with Crippen LogP contribution >= 0.6 is 0 Å². The first-order valence-corrected chi connectivity index (χ1v) is 8.18. The molecule has 4 heteroatoms. The van der Waals surface area contributed by atoms with Crippen molar-refractivity contribution in [2.45, 2.75) is 46.1 Å². The molecule has 1 fully saturated rings. The van der Waals surface area contributed by atoms with E-state index in [2.05, 4.69) is 57.2 Å². The molecule has 1 N–H and O–H groups in total. The third-order valence-corrected chi connectivity index (χ3v) is 4.46. The maximum atomic E-state index is 12.7. The van der Waals surface area contributed by atoms with Crippen molar-refractivity contribution in [3.63, 3.8) is 0 Å². The van der Waals surface area contributed by atoms with Crippen molar-refractivity contribution >= 4 is 11.7 Å². The SMILES string of the molecule is Cc1cc(C)c(NC(=O)N2CCCC2CCN(C)C)c(C)c1. The summed E-state index contributed by atoms with van der Waals surface area (Å²) >= 11 is 0. The summed E-state index contributed by atoms with van der Waals surface area (Å²) in [5, 5.41) is 3.14. The number of hydrogen-bond donors (Lipinski definition) is 1. The fourth-order valence-electron chi connectivity index (χ4n) is 3.37. The zero-order valence-corrected chi connectivity index (χ0v) is 14.6. The molecule has 1 atom stereocenters. The Morgan fingerprint density at radius 1 is 1.27 bits per heavy atom. The number of aryl methyl sites for hydroxylation is 3. The maximum Gasteiger partial charge on any atom is 0.322 e. The fraction of sp³-hybridized carbons (Fsp3) is 0.611. The average molecular weight is 303 g/mol. The van der Waals surface area contributed by atoms with Crippen LogP contribution in [0.3, 0.4) is 0 Å². The summed E-state index contributed by atoms with van der Waals surface area (Å²) in [6.45, 7) is 8.10. The van der Waals surface area contributed by atoms with Gasteiger partial charge in [-0.3, -0.25) is 0 Å². The van der Waals surface area contributed by atoms with Crippen LogP contribution < -0.4 is 5.32 Å². The number of hydrogen-bond acceptors (Lipinski definition) is 2. The van der Waals surface area contributed by atoms with Gasteiger partial charge in [0.1, 0.15) is 0 Å². The molecule has 1 aromatic carbocycles. The lowest BCUT2D eigenvalue weighted by atomic mass is 10.1. The van der Waals surface area contributed by atoms with Crippen LogP contribution in [0.1, 0.15) is 36.0 Å². The molecule has 1 heterocycles. The quantitative estimate of drug-likeness (QED) is 0.923. The normalized spacial score (nSPS) is 18.1. The Kier molecular flexibility index (Phi) is 5.46. The number of urea groups is 1. The molecular weight excluding hydrogens is 274 g/mol. The van der Waals surface area contributed by atoms with E-state index in [0.717, 1.165) is 49.2 Å². The van der Waals surface area contributed by atoms with Gasteiger partial charge in [0.05, 0.1) is 0 Å². The second-order valence-electron chi connectivity index (χ2n) is 6.79. The fourth-order valence-corrected chi connectivity index (χ4v) is 3.37. The van der Waals surface area contributed by atoms with Crippen molar-refractivity contribution in [1.82, 2.24) is 9.80 Å². The molecule has 0 aliphatic carbocycles. The minimum Gasteiger partial charge on any atom is -0.322 e. The van der Waals surface area contributed by atoms with E-state index in [0.29, 0.717) is 6.04 Å². The number of nitrogens with zero attached hydrogens (tertiary/aromatic N) is 2. The van der Waals surface area contributed by atoms with E-state index in [9.17, 15) is 4.79 Å². The minimum absolute atomic E-state index is 0.0521. The molecule has 1 aliphatic rings. The van der Waals surface area contributed by atoms with E-state index in [4.69, 9.17) is 0 Å². The number of amides is 2. The first-order chi connectivity index (χ1) is 10.4. The van der Waals surface area contributed by atoms with Crippen LogP contribution in [0.25, 0.3) is 0 Å². The molecule has 1 aliphatic heterocycles. The zero-order chi connectivity index (χ0) is 16.3. The van der Waals surface area contributed by atoms with Crippen LogP contribution in [-0.4, -0.2) is 49.1 Å². The van der Waals surface area contributed by atoms with Crippen LogP contribution in [0, 0.1) is 20.8 Å². The third kappa shape index (κ3) is 4.01. The Morgan fingerprint density at radius 2 is 1.91 bits per heavy atom. The van der Waals surface area contributed by atoms with Gasteiger partial charge in [0.15, 0.2) is 0 Å². The highest BCUT2D eigenvalue weighted by molar-refractivity contribution is 5.91. The molecule has 0 spiro atoms. The Morgan fingerprint density at radius 3 is 2.50 bits per heavy atom. The summed E-state index contributed by atoms with van der Waals surface area (Å²) < 4.78 is 0. The Balaban J connectivity index is 2.05. The number of likely N-dealkylation sites (tertiary alicyclic amines) is 1. The molecule has 2 amide bonds. The van der Waals surface area contributed by atoms with Crippen LogP contribution in [0.2, 0.25) is 0 Å². The van der Waals surface area contributed by atoms with E-state index >= 15 is 0 Å². The molecule has 4 nitrogen and oxygen atoms in total. The van der Waals surface area contributed by atoms with Crippen molar-refractivity contribution in [2.24, 2.45) is 0 Å². The van der Waals surface area contributed by atoms with Crippen LogP contribution in [0.15, 0.2) is 12.1 Å². The number of rotatable bonds is 4. The summed E-state index contributed by atoms with van der Waals surface area (Å²) in [6.07, 6.45) is 3.27. The van der Waals surface area contributed by atoms with Crippen LogP contribution in [0.5, 0.6) is 0 Å². The van der Waals surface area contributed by atoms with Crippen molar-refractivity contribution in [2.75, 3.05) is 32.5 Å². The van der Waals surface area contributed by atoms with Crippen molar-refractivity contribution in [3.8, 4) is 0 Å². The van der Waals surface area contributed by atoms with Gasteiger partial charge in [0.2, 0.25) is 0 Å². The highest BCUT2D eigenvalue weighted by Crippen LogP contribution is 2.25. The molecule has 2 rings (SSSR count). The van der Waals surface area contributed by atoms with Gasteiger partial charge in [-0.2, -0.15) is 0 Å². The summed E-state index contributed by atoms with van der Waals surface area (Å²) in [5.41, 5.74) is 4.47. The molecule has 22 heavy (non-hydrogen) atoms. The molecule has 1 aromatic rings. The molecule has 0 aromatic heterocycles. The van der Waals surface area contributed by atoms with E-state index in [-0.39, 0.29) is 6.03 Å². The van der Waals surface area contributed by atoms with Crippen LogP contribution in [0.4, 0.5) is 10.5 Å². The number of carbonyl (C=O) groups is 1. The number of nitrogens with one attached hydrogen (secondary N) is 1. The summed E-state index contributed by atoms with van der Waals surface area (Å²) in [4.78, 5) is 16.9. The van der Waals surface area contributed by atoms with Gasteiger partial charge in [0.25, 0.3) is 0 Å². The standard InChI is InChI=1S/C18H29N3O/c1-13-11-14(2)17(15(3)12-13)19-18(22)21-9-6-7-16(21)8-10-20(4)5/h11-12,16H,6-10H2,1-5H3,(H,19,22). The molecule has 0 saturated carbocycles. The van der Waals surface area contributed by atoms with E-state index < -0.39 is 0 Å². The molecule has 0 radical (unpaired) electrons. The average Bonchev–Trinajstić information content (AvgIpc) is 2.88. The number of carbonyl (C=O) groups excluding carboxylic acids is 1. The van der Waals surface area contributed by atoms with Gasteiger partial charge in [-0.1, -0.05) is 17.7 Å². The van der Waals surface area contributed by atoms with Gasteiger partial charge in [-0.25, -0.2) is 4.79 Å². The Labute approximate surface area is 134 Å². The van der Waals surface area contributed by atoms with Gasteiger partial charge < -0.3 is 15.1 Å². The van der Waals surface area contributed by atoms with Gasteiger partial charge >= 0.3 is 6.03 Å². The molecular formula is C18H29N3O.